The minimum atomic E-state index is -3.00. The zero-order chi connectivity index (χ0) is 16.7. The molecule has 0 radical (unpaired) electrons. The molecule has 1 heterocycles. The number of esters is 1. The van der Waals surface area contributed by atoms with Crippen LogP contribution < -0.4 is 10.1 Å². The Morgan fingerprint density at radius 1 is 1.17 bits per heavy atom. The summed E-state index contributed by atoms with van der Waals surface area (Å²) in [5.74, 6) is -1.35. The van der Waals surface area contributed by atoms with E-state index in [0.717, 1.165) is 4.88 Å². The number of hydrogen-bond donors (Lipinski definition) is 1. The van der Waals surface area contributed by atoms with Crippen molar-refractivity contribution in [1.29, 1.82) is 0 Å². The summed E-state index contributed by atoms with van der Waals surface area (Å²) in [5, 5.41) is 4.19. The van der Waals surface area contributed by atoms with Crippen molar-refractivity contribution in [3.8, 4) is 5.75 Å². The molecular formula is C15H13F2NO4S. The van der Waals surface area contributed by atoms with E-state index in [4.69, 9.17) is 4.74 Å². The Balaban J connectivity index is 1.84. The van der Waals surface area contributed by atoms with Gasteiger partial charge in [-0.25, -0.2) is 0 Å². The van der Waals surface area contributed by atoms with Gasteiger partial charge in [-0.1, -0.05) is 18.2 Å². The van der Waals surface area contributed by atoms with Gasteiger partial charge in [0.05, 0.1) is 12.1 Å². The molecule has 0 spiro atoms. The van der Waals surface area contributed by atoms with Gasteiger partial charge in [-0.15, -0.1) is 11.3 Å². The molecule has 0 unspecified atom stereocenters. The number of halogens is 2. The molecule has 122 valence electrons. The third-order valence-electron chi connectivity index (χ3n) is 2.64. The third-order valence-corrected chi connectivity index (χ3v) is 3.52. The molecule has 1 aromatic carbocycles. The fourth-order valence-corrected chi connectivity index (χ4v) is 2.40. The van der Waals surface area contributed by atoms with Crippen molar-refractivity contribution in [3.63, 3.8) is 0 Å². The quantitative estimate of drug-likeness (QED) is 0.786. The van der Waals surface area contributed by atoms with Crippen molar-refractivity contribution in [1.82, 2.24) is 0 Å². The molecule has 0 aliphatic rings. The van der Waals surface area contributed by atoms with Crippen molar-refractivity contribution < 1.29 is 27.8 Å². The van der Waals surface area contributed by atoms with E-state index in [2.05, 4.69) is 10.1 Å². The first-order chi connectivity index (χ1) is 11.0. The van der Waals surface area contributed by atoms with E-state index in [1.54, 1.807) is 18.2 Å². The van der Waals surface area contributed by atoms with Gasteiger partial charge in [0.1, 0.15) is 5.75 Å². The van der Waals surface area contributed by atoms with E-state index >= 15 is 0 Å². The topological polar surface area (TPSA) is 64.6 Å². The summed E-state index contributed by atoms with van der Waals surface area (Å²) in [4.78, 5) is 24.1. The maximum absolute atomic E-state index is 12.3. The number of ether oxygens (including phenoxy) is 2. The van der Waals surface area contributed by atoms with Crippen molar-refractivity contribution in [2.24, 2.45) is 0 Å². The maximum Gasteiger partial charge on any atom is 0.387 e. The van der Waals surface area contributed by atoms with E-state index in [9.17, 15) is 18.4 Å². The molecule has 0 aliphatic heterocycles. The van der Waals surface area contributed by atoms with Crippen molar-refractivity contribution in [3.05, 3.63) is 46.7 Å². The average molecular weight is 341 g/mol. The average Bonchev–Trinajstić information content (AvgIpc) is 2.99. The van der Waals surface area contributed by atoms with Crippen molar-refractivity contribution in [2.75, 3.05) is 11.9 Å². The van der Waals surface area contributed by atoms with Crippen molar-refractivity contribution >= 4 is 28.9 Å². The number of carbonyl (C=O) groups is 2. The molecule has 2 rings (SSSR count). The van der Waals surface area contributed by atoms with Crippen LogP contribution in [0.5, 0.6) is 5.75 Å². The molecule has 5 nitrogen and oxygen atoms in total. The standard InChI is InChI=1S/C15H13F2NO4S/c16-15(17)22-12-6-2-1-5-11(12)18-13(19)9-21-14(20)8-10-4-3-7-23-10/h1-7,15H,8-9H2,(H,18,19). The third kappa shape index (κ3) is 5.67. The van der Waals surface area contributed by atoms with Crippen LogP contribution in [0.15, 0.2) is 41.8 Å². The number of benzene rings is 1. The SMILES string of the molecule is O=C(COC(=O)Cc1cccs1)Nc1ccccc1OC(F)F. The lowest BCUT2D eigenvalue weighted by Gasteiger charge is -2.11. The van der Waals surface area contributed by atoms with Crippen LogP contribution in [-0.4, -0.2) is 25.1 Å². The molecule has 0 fully saturated rings. The summed E-state index contributed by atoms with van der Waals surface area (Å²) in [7, 11) is 0. The highest BCUT2D eigenvalue weighted by atomic mass is 32.1. The number of amides is 1. The van der Waals surface area contributed by atoms with E-state index in [-0.39, 0.29) is 17.9 Å². The fourth-order valence-electron chi connectivity index (χ4n) is 1.71. The highest BCUT2D eigenvalue weighted by Crippen LogP contribution is 2.25. The number of alkyl halides is 2. The van der Waals surface area contributed by atoms with Gasteiger partial charge in [-0.2, -0.15) is 8.78 Å². The number of thiophene rings is 1. The molecule has 1 aromatic heterocycles. The number of para-hydroxylation sites is 2. The van der Waals surface area contributed by atoms with Crippen LogP contribution in [-0.2, 0) is 20.7 Å². The Morgan fingerprint density at radius 2 is 1.96 bits per heavy atom. The summed E-state index contributed by atoms with van der Waals surface area (Å²) in [6.45, 7) is -3.51. The molecule has 1 N–H and O–H groups in total. The van der Waals surface area contributed by atoms with Gasteiger partial charge >= 0.3 is 12.6 Å². The number of carbonyl (C=O) groups excluding carboxylic acids is 2. The molecule has 1 amide bonds. The largest absolute Gasteiger partial charge is 0.455 e. The van der Waals surface area contributed by atoms with E-state index in [1.807, 2.05) is 5.38 Å². The predicted octanol–water partition coefficient (Wildman–Crippen LogP) is 3.07. The summed E-state index contributed by atoms with van der Waals surface area (Å²) in [6.07, 6.45) is 0.0794. The number of hydrogen-bond acceptors (Lipinski definition) is 5. The Labute approximate surface area is 134 Å². The summed E-state index contributed by atoms with van der Waals surface area (Å²) >= 11 is 1.41. The molecule has 8 heteroatoms. The fraction of sp³-hybridized carbons (Fsp3) is 0.200. The van der Waals surface area contributed by atoms with Crippen LogP contribution in [0.4, 0.5) is 14.5 Å². The maximum atomic E-state index is 12.3. The lowest BCUT2D eigenvalue weighted by molar-refractivity contribution is -0.146. The van der Waals surface area contributed by atoms with E-state index in [1.165, 1.54) is 29.5 Å². The zero-order valence-corrected chi connectivity index (χ0v) is 12.6. The minimum absolute atomic E-state index is 0.0760. The molecule has 0 saturated heterocycles. The van der Waals surface area contributed by atoms with Crippen molar-refractivity contribution in [2.45, 2.75) is 13.0 Å². The zero-order valence-electron chi connectivity index (χ0n) is 11.8. The molecule has 23 heavy (non-hydrogen) atoms. The minimum Gasteiger partial charge on any atom is -0.455 e. The molecule has 0 aliphatic carbocycles. The Hall–Kier alpha value is -2.48. The van der Waals surface area contributed by atoms with Crippen LogP contribution in [0.2, 0.25) is 0 Å². The Bertz CT molecular complexity index is 661. The highest BCUT2D eigenvalue weighted by molar-refractivity contribution is 7.10. The summed E-state index contributed by atoms with van der Waals surface area (Å²) < 4.78 is 33.7. The van der Waals surface area contributed by atoms with Gasteiger partial charge in [0, 0.05) is 4.88 Å². The number of anilines is 1. The van der Waals surface area contributed by atoms with Gasteiger partial charge in [0.2, 0.25) is 0 Å². The molecule has 0 atom stereocenters. The number of nitrogens with one attached hydrogen (secondary N) is 1. The first kappa shape index (κ1) is 16.9. The lowest BCUT2D eigenvalue weighted by Crippen LogP contribution is -2.22. The molecule has 0 bridgehead atoms. The van der Waals surface area contributed by atoms with Crippen LogP contribution in [0.25, 0.3) is 0 Å². The summed E-state index contributed by atoms with van der Waals surface area (Å²) in [6, 6.07) is 9.34. The molecular weight excluding hydrogens is 328 g/mol. The Kier molecular flexibility index (Phi) is 6.04. The molecule has 0 saturated carbocycles. The highest BCUT2D eigenvalue weighted by Gasteiger charge is 2.13. The predicted molar refractivity (Wildman–Crippen MR) is 80.7 cm³/mol. The van der Waals surface area contributed by atoms with Gasteiger partial charge in [0.25, 0.3) is 5.91 Å². The van der Waals surface area contributed by atoms with Crippen LogP contribution >= 0.6 is 11.3 Å². The van der Waals surface area contributed by atoms with Gasteiger partial charge < -0.3 is 14.8 Å². The Morgan fingerprint density at radius 3 is 2.65 bits per heavy atom. The summed E-state index contributed by atoms with van der Waals surface area (Å²) in [5.41, 5.74) is 0.0760. The first-order valence-electron chi connectivity index (χ1n) is 6.56. The second-order valence-corrected chi connectivity index (χ2v) is 5.37. The molecule has 2 aromatic rings. The van der Waals surface area contributed by atoms with E-state index in [0.29, 0.717) is 0 Å². The van der Waals surface area contributed by atoms with Gasteiger partial charge in [-0.3, -0.25) is 9.59 Å². The van der Waals surface area contributed by atoms with E-state index < -0.39 is 25.1 Å². The van der Waals surface area contributed by atoms with Gasteiger partial charge in [0.15, 0.2) is 6.61 Å². The van der Waals surface area contributed by atoms with Crippen LogP contribution in [0.1, 0.15) is 4.88 Å². The van der Waals surface area contributed by atoms with Crippen LogP contribution in [0.3, 0.4) is 0 Å². The first-order valence-corrected chi connectivity index (χ1v) is 7.44. The number of rotatable bonds is 7. The lowest BCUT2D eigenvalue weighted by atomic mass is 10.3. The second kappa shape index (κ2) is 8.23. The normalized spacial score (nSPS) is 10.4. The smallest absolute Gasteiger partial charge is 0.387 e. The monoisotopic (exact) mass is 341 g/mol. The second-order valence-electron chi connectivity index (χ2n) is 4.34. The van der Waals surface area contributed by atoms with Crippen LogP contribution in [0, 0.1) is 0 Å². The van der Waals surface area contributed by atoms with Gasteiger partial charge in [-0.05, 0) is 23.6 Å².